The van der Waals surface area contributed by atoms with Crippen LogP contribution in [0.4, 0.5) is 10.1 Å². The highest BCUT2D eigenvalue weighted by molar-refractivity contribution is 5.92. The molecule has 0 aliphatic carbocycles. The Morgan fingerprint density at radius 3 is 2.61 bits per heavy atom. The molecule has 3 N–H and O–H groups in total. The fraction of sp³-hybridized carbons (Fsp3) is 0.500. The van der Waals surface area contributed by atoms with Crippen LogP contribution < -0.4 is 10.6 Å². The van der Waals surface area contributed by atoms with E-state index >= 15 is 0 Å². The molecule has 1 aromatic carbocycles. The Hall–Kier alpha value is -3.34. The molecule has 3 rings (SSSR count). The average Bonchev–Trinajstić information content (AvgIpc) is 3.34. The Morgan fingerprint density at radius 1 is 1.27 bits per heavy atom. The van der Waals surface area contributed by atoms with E-state index in [2.05, 4.69) is 20.9 Å². The van der Waals surface area contributed by atoms with E-state index in [4.69, 9.17) is 0 Å². The van der Waals surface area contributed by atoms with Crippen LogP contribution in [-0.4, -0.2) is 68.5 Å². The van der Waals surface area contributed by atoms with Crippen molar-refractivity contribution in [3.8, 4) is 0 Å². The number of anilines is 1. The van der Waals surface area contributed by atoms with Gasteiger partial charge in [0.25, 0.3) is 0 Å². The van der Waals surface area contributed by atoms with Gasteiger partial charge in [0.1, 0.15) is 17.9 Å². The number of nitrogens with one attached hydrogen (secondary N) is 2. The number of nitrogens with zero attached hydrogens (tertiary/aromatic N) is 4. The van der Waals surface area contributed by atoms with Crippen molar-refractivity contribution >= 4 is 23.4 Å². The van der Waals surface area contributed by atoms with Crippen LogP contribution in [0.1, 0.15) is 38.9 Å². The third-order valence-electron chi connectivity index (χ3n) is 5.48. The molecule has 33 heavy (non-hydrogen) atoms. The highest BCUT2D eigenvalue weighted by Crippen LogP contribution is 2.34. The zero-order valence-corrected chi connectivity index (χ0v) is 19.1. The minimum absolute atomic E-state index is 0.0378. The van der Waals surface area contributed by atoms with Gasteiger partial charge in [-0.3, -0.25) is 14.4 Å². The van der Waals surface area contributed by atoms with Crippen LogP contribution in [0.2, 0.25) is 0 Å². The van der Waals surface area contributed by atoms with Crippen molar-refractivity contribution in [1.82, 2.24) is 25.2 Å². The van der Waals surface area contributed by atoms with E-state index < -0.39 is 35.3 Å². The number of carbonyl (C=O) groups excluding carboxylic acids is 3. The van der Waals surface area contributed by atoms with Crippen LogP contribution in [0.5, 0.6) is 0 Å². The number of benzene rings is 1. The molecule has 1 fully saturated rings. The lowest BCUT2D eigenvalue weighted by Crippen LogP contribution is -2.49. The zero-order chi connectivity index (χ0) is 24.3. The summed E-state index contributed by atoms with van der Waals surface area (Å²) in [5.41, 5.74) is -0.251. The van der Waals surface area contributed by atoms with Crippen LogP contribution in [-0.2, 0) is 20.8 Å². The largest absolute Gasteiger partial charge is 0.391 e. The van der Waals surface area contributed by atoms with Gasteiger partial charge in [0.05, 0.1) is 23.9 Å². The number of likely N-dealkylation sites (N-methyl/N-ethyl adjacent to an activating group) is 1. The Bertz CT molecular complexity index is 1030. The third-order valence-corrected chi connectivity index (χ3v) is 5.48. The fourth-order valence-corrected chi connectivity index (χ4v) is 3.95. The molecule has 178 valence electrons. The molecule has 10 nitrogen and oxygen atoms in total. The summed E-state index contributed by atoms with van der Waals surface area (Å²) in [6.07, 6.45) is 0.685. The summed E-state index contributed by atoms with van der Waals surface area (Å²) in [6, 6.07) is 4.21. The van der Waals surface area contributed by atoms with Crippen LogP contribution in [0.25, 0.3) is 0 Å². The number of rotatable bonds is 6. The second kappa shape index (κ2) is 9.65. The van der Waals surface area contributed by atoms with Gasteiger partial charge in [-0.1, -0.05) is 38.1 Å². The third kappa shape index (κ3) is 5.54. The lowest BCUT2D eigenvalue weighted by molar-refractivity contribution is -0.144. The van der Waals surface area contributed by atoms with Gasteiger partial charge >= 0.3 is 0 Å². The van der Waals surface area contributed by atoms with E-state index in [-0.39, 0.29) is 36.9 Å². The zero-order valence-electron chi connectivity index (χ0n) is 19.1. The van der Waals surface area contributed by atoms with E-state index in [9.17, 15) is 23.9 Å². The Labute approximate surface area is 191 Å². The standard InChI is InChI=1S/C22H29FN6O4/c1-22(2,3)19(21(33)28-12-14(30)10-17(28)20(32)24-4)29-11-13(26-27-29)9-18(31)25-16-8-6-5-7-15(16)23/h5-8,11,14,17,19,30H,9-10,12H2,1-4H3,(H,24,32)(H,25,31)/t14-,17+,19-/m1/s1. The number of hydrogen-bond acceptors (Lipinski definition) is 6. The maximum absolute atomic E-state index is 13.8. The van der Waals surface area contributed by atoms with Gasteiger partial charge in [-0.2, -0.15) is 0 Å². The summed E-state index contributed by atoms with van der Waals surface area (Å²) in [4.78, 5) is 39.5. The molecular formula is C22H29FN6O4. The molecule has 0 unspecified atom stereocenters. The molecule has 1 saturated heterocycles. The molecule has 3 amide bonds. The van der Waals surface area contributed by atoms with Crippen molar-refractivity contribution in [2.24, 2.45) is 5.41 Å². The van der Waals surface area contributed by atoms with Crippen LogP contribution in [0.15, 0.2) is 30.5 Å². The first kappa shape index (κ1) is 24.3. The Kier molecular flexibility index (Phi) is 7.11. The summed E-state index contributed by atoms with van der Waals surface area (Å²) in [6.45, 7) is 5.59. The predicted octanol–water partition coefficient (Wildman–Crippen LogP) is 0.893. The molecule has 0 radical (unpaired) electrons. The second-order valence-corrected chi connectivity index (χ2v) is 9.17. The molecule has 0 saturated carbocycles. The SMILES string of the molecule is CNC(=O)[C@@H]1C[C@@H](O)CN1C(=O)[C@@H](n1cc(CC(=O)Nc2ccccc2F)nn1)C(C)(C)C. The van der Waals surface area contributed by atoms with Crippen LogP contribution in [0, 0.1) is 11.2 Å². The van der Waals surface area contributed by atoms with Gasteiger partial charge in [-0.25, -0.2) is 9.07 Å². The summed E-state index contributed by atoms with van der Waals surface area (Å²) >= 11 is 0. The van der Waals surface area contributed by atoms with Gasteiger partial charge < -0.3 is 20.6 Å². The molecule has 1 aliphatic rings. The number of β-amino-alcohol motifs (C(OH)–C–C–N with tert-alkyl or cyclic N) is 1. The maximum atomic E-state index is 13.8. The molecule has 11 heteroatoms. The van der Waals surface area contributed by atoms with E-state index in [1.165, 1.54) is 41.0 Å². The molecule has 2 heterocycles. The van der Waals surface area contributed by atoms with E-state index in [0.29, 0.717) is 5.69 Å². The second-order valence-electron chi connectivity index (χ2n) is 9.17. The highest BCUT2D eigenvalue weighted by atomic mass is 19.1. The van der Waals surface area contributed by atoms with Crippen molar-refractivity contribution in [3.63, 3.8) is 0 Å². The van der Waals surface area contributed by atoms with Gasteiger partial charge in [0, 0.05) is 26.2 Å². The van der Waals surface area contributed by atoms with Crippen molar-refractivity contribution in [3.05, 3.63) is 42.0 Å². The topological polar surface area (TPSA) is 129 Å². The van der Waals surface area contributed by atoms with E-state index in [1.54, 1.807) is 6.07 Å². The fourth-order valence-electron chi connectivity index (χ4n) is 3.95. The normalized spacial score (nSPS) is 19.3. The van der Waals surface area contributed by atoms with Crippen LogP contribution in [0.3, 0.4) is 0 Å². The first-order valence-corrected chi connectivity index (χ1v) is 10.7. The van der Waals surface area contributed by atoms with Gasteiger partial charge in [0.15, 0.2) is 0 Å². The number of aliphatic hydroxyl groups is 1. The number of carbonyl (C=O) groups is 3. The molecule has 0 bridgehead atoms. The van der Waals surface area contributed by atoms with Gasteiger partial charge in [0.2, 0.25) is 17.7 Å². The number of para-hydroxylation sites is 1. The maximum Gasteiger partial charge on any atom is 0.248 e. The predicted molar refractivity (Wildman–Crippen MR) is 117 cm³/mol. The first-order valence-electron chi connectivity index (χ1n) is 10.7. The number of likely N-dealkylation sites (tertiary alicyclic amines) is 1. The molecule has 1 aliphatic heterocycles. The number of aliphatic hydroxyl groups excluding tert-OH is 1. The molecule has 1 aromatic heterocycles. The molecular weight excluding hydrogens is 431 g/mol. The Balaban J connectivity index is 1.79. The molecule has 3 atom stereocenters. The minimum Gasteiger partial charge on any atom is -0.391 e. The summed E-state index contributed by atoms with van der Waals surface area (Å²) in [7, 11) is 1.48. The van der Waals surface area contributed by atoms with E-state index in [1.807, 2.05) is 20.8 Å². The van der Waals surface area contributed by atoms with Gasteiger partial charge in [-0.05, 0) is 17.5 Å². The lowest BCUT2D eigenvalue weighted by atomic mass is 9.85. The number of hydrogen-bond donors (Lipinski definition) is 3. The van der Waals surface area contributed by atoms with Gasteiger partial charge in [-0.15, -0.1) is 5.10 Å². The van der Waals surface area contributed by atoms with Crippen molar-refractivity contribution in [2.45, 2.75) is 51.8 Å². The first-order chi connectivity index (χ1) is 15.5. The number of amides is 3. The molecule has 2 aromatic rings. The summed E-state index contributed by atoms with van der Waals surface area (Å²) < 4.78 is 15.1. The summed E-state index contributed by atoms with van der Waals surface area (Å²) in [5.74, 6) is -1.75. The smallest absolute Gasteiger partial charge is 0.248 e. The highest BCUT2D eigenvalue weighted by Gasteiger charge is 2.45. The van der Waals surface area contributed by atoms with Crippen molar-refractivity contribution in [1.29, 1.82) is 0 Å². The van der Waals surface area contributed by atoms with E-state index in [0.717, 1.165) is 0 Å². The minimum atomic E-state index is -0.828. The monoisotopic (exact) mass is 460 g/mol. The Morgan fingerprint density at radius 2 is 1.97 bits per heavy atom. The number of halogens is 1. The lowest BCUT2D eigenvalue weighted by Gasteiger charge is -2.34. The summed E-state index contributed by atoms with van der Waals surface area (Å²) in [5, 5.41) is 23.2. The number of aromatic nitrogens is 3. The quantitative estimate of drug-likeness (QED) is 0.587. The van der Waals surface area contributed by atoms with Crippen molar-refractivity contribution in [2.75, 3.05) is 18.9 Å². The molecule has 0 spiro atoms. The average molecular weight is 461 g/mol. The van der Waals surface area contributed by atoms with Crippen LogP contribution >= 0.6 is 0 Å². The van der Waals surface area contributed by atoms with Crippen molar-refractivity contribution < 1.29 is 23.9 Å².